The standard InChI is InChI=1S/C16H13BrN2/c17-15-6-2-1-4-13(15)10-19-16-7-3-5-12-8-9-18-11-14(12)16/h1-9,11,19H,10H2. The molecule has 0 fully saturated rings. The van der Waals surface area contributed by atoms with Crippen LogP contribution in [0.4, 0.5) is 5.69 Å². The molecule has 19 heavy (non-hydrogen) atoms. The van der Waals surface area contributed by atoms with Gasteiger partial charge in [-0.1, -0.05) is 46.3 Å². The van der Waals surface area contributed by atoms with Gasteiger partial charge in [0.05, 0.1) is 0 Å². The van der Waals surface area contributed by atoms with Crippen LogP contribution in [0.2, 0.25) is 0 Å². The van der Waals surface area contributed by atoms with Crippen molar-refractivity contribution in [2.45, 2.75) is 6.54 Å². The summed E-state index contributed by atoms with van der Waals surface area (Å²) in [6.07, 6.45) is 3.72. The quantitative estimate of drug-likeness (QED) is 0.764. The molecule has 0 aliphatic rings. The van der Waals surface area contributed by atoms with Crippen molar-refractivity contribution in [3.05, 3.63) is 71.0 Å². The van der Waals surface area contributed by atoms with E-state index in [4.69, 9.17) is 0 Å². The molecule has 2 nitrogen and oxygen atoms in total. The molecule has 3 aromatic rings. The number of rotatable bonds is 3. The van der Waals surface area contributed by atoms with Crippen molar-refractivity contribution in [3.8, 4) is 0 Å². The van der Waals surface area contributed by atoms with Crippen LogP contribution in [0.1, 0.15) is 5.56 Å². The molecule has 0 bridgehead atoms. The van der Waals surface area contributed by atoms with Crippen LogP contribution in [0.5, 0.6) is 0 Å². The minimum atomic E-state index is 0.787. The smallest absolute Gasteiger partial charge is 0.0438 e. The first-order valence-electron chi connectivity index (χ1n) is 6.14. The maximum absolute atomic E-state index is 4.20. The topological polar surface area (TPSA) is 24.9 Å². The maximum atomic E-state index is 4.20. The van der Waals surface area contributed by atoms with Crippen LogP contribution in [0.25, 0.3) is 10.8 Å². The predicted octanol–water partition coefficient (Wildman–Crippen LogP) is 4.61. The van der Waals surface area contributed by atoms with E-state index in [0.717, 1.165) is 22.1 Å². The summed E-state index contributed by atoms with van der Waals surface area (Å²) < 4.78 is 1.13. The van der Waals surface area contributed by atoms with Gasteiger partial charge in [-0.05, 0) is 29.1 Å². The second-order valence-electron chi connectivity index (χ2n) is 4.35. The fourth-order valence-corrected chi connectivity index (χ4v) is 2.52. The van der Waals surface area contributed by atoms with E-state index in [0.29, 0.717) is 0 Å². The Kier molecular flexibility index (Phi) is 3.47. The number of hydrogen-bond donors (Lipinski definition) is 1. The molecule has 3 rings (SSSR count). The van der Waals surface area contributed by atoms with Gasteiger partial charge in [-0.15, -0.1) is 0 Å². The first kappa shape index (κ1) is 12.2. The maximum Gasteiger partial charge on any atom is 0.0438 e. The highest BCUT2D eigenvalue weighted by atomic mass is 79.9. The molecule has 1 N–H and O–H groups in total. The normalized spacial score (nSPS) is 10.6. The van der Waals surface area contributed by atoms with Crippen molar-refractivity contribution < 1.29 is 0 Å². The largest absolute Gasteiger partial charge is 0.380 e. The summed E-state index contributed by atoms with van der Waals surface area (Å²) in [4.78, 5) is 4.20. The highest BCUT2D eigenvalue weighted by molar-refractivity contribution is 9.10. The Balaban J connectivity index is 1.88. The highest BCUT2D eigenvalue weighted by Crippen LogP contribution is 2.23. The monoisotopic (exact) mass is 312 g/mol. The van der Waals surface area contributed by atoms with Crippen LogP contribution in [0.15, 0.2) is 65.4 Å². The summed E-state index contributed by atoms with van der Waals surface area (Å²) >= 11 is 3.57. The number of aromatic nitrogens is 1. The molecule has 0 saturated carbocycles. The van der Waals surface area contributed by atoms with Gasteiger partial charge in [0.2, 0.25) is 0 Å². The molecule has 0 unspecified atom stereocenters. The SMILES string of the molecule is Brc1ccccc1CNc1cccc2ccncc12. The van der Waals surface area contributed by atoms with E-state index in [1.165, 1.54) is 10.9 Å². The lowest BCUT2D eigenvalue weighted by atomic mass is 10.1. The summed E-state index contributed by atoms with van der Waals surface area (Å²) in [7, 11) is 0. The summed E-state index contributed by atoms with van der Waals surface area (Å²) in [6, 6.07) is 16.5. The Morgan fingerprint density at radius 1 is 1.00 bits per heavy atom. The lowest BCUT2D eigenvalue weighted by Gasteiger charge is -2.10. The fraction of sp³-hybridized carbons (Fsp3) is 0.0625. The average Bonchev–Trinajstić information content (AvgIpc) is 2.46. The number of benzene rings is 2. The minimum absolute atomic E-state index is 0.787. The van der Waals surface area contributed by atoms with Crippen LogP contribution >= 0.6 is 15.9 Å². The first-order valence-corrected chi connectivity index (χ1v) is 6.94. The van der Waals surface area contributed by atoms with Crippen LogP contribution in [0, 0.1) is 0 Å². The Morgan fingerprint density at radius 3 is 2.79 bits per heavy atom. The summed E-state index contributed by atoms with van der Waals surface area (Å²) in [5.41, 5.74) is 2.35. The van der Waals surface area contributed by atoms with Crippen molar-refractivity contribution in [3.63, 3.8) is 0 Å². The van der Waals surface area contributed by atoms with E-state index in [1.807, 2.05) is 30.6 Å². The molecular formula is C16H13BrN2. The number of nitrogens with one attached hydrogen (secondary N) is 1. The zero-order valence-electron chi connectivity index (χ0n) is 10.3. The van der Waals surface area contributed by atoms with Gasteiger partial charge < -0.3 is 5.32 Å². The molecule has 3 heteroatoms. The second-order valence-corrected chi connectivity index (χ2v) is 5.20. The molecule has 1 heterocycles. The van der Waals surface area contributed by atoms with Crippen LogP contribution in [-0.2, 0) is 6.54 Å². The number of hydrogen-bond acceptors (Lipinski definition) is 2. The number of halogens is 1. The Morgan fingerprint density at radius 2 is 1.89 bits per heavy atom. The zero-order chi connectivity index (χ0) is 13.1. The van der Waals surface area contributed by atoms with Gasteiger partial charge >= 0.3 is 0 Å². The lowest BCUT2D eigenvalue weighted by molar-refractivity contribution is 1.14. The molecule has 94 valence electrons. The molecule has 0 saturated heterocycles. The molecule has 0 spiro atoms. The zero-order valence-corrected chi connectivity index (χ0v) is 11.9. The van der Waals surface area contributed by atoms with Crippen molar-refractivity contribution >= 4 is 32.4 Å². The Labute approximate surface area is 120 Å². The number of fused-ring (bicyclic) bond motifs is 1. The first-order chi connectivity index (χ1) is 9.34. The van der Waals surface area contributed by atoms with Gasteiger partial charge in [-0.25, -0.2) is 0 Å². The van der Waals surface area contributed by atoms with E-state index >= 15 is 0 Å². The number of nitrogens with zero attached hydrogens (tertiary/aromatic N) is 1. The third kappa shape index (κ3) is 2.61. The number of pyridine rings is 1. The van der Waals surface area contributed by atoms with E-state index in [9.17, 15) is 0 Å². The van der Waals surface area contributed by atoms with E-state index in [-0.39, 0.29) is 0 Å². The van der Waals surface area contributed by atoms with Crippen molar-refractivity contribution in [2.75, 3.05) is 5.32 Å². The Bertz CT molecular complexity index is 704. The van der Waals surface area contributed by atoms with Crippen LogP contribution < -0.4 is 5.32 Å². The van der Waals surface area contributed by atoms with Gasteiger partial charge in [-0.2, -0.15) is 0 Å². The van der Waals surface area contributed by atoms with Gasteiger partial charge in [0.15, 0.2) is 0 Å². The molecular weight excluding hydrogens is 300 g/mol. The highest BCUT2D eigenvalue weighted by Gasteiger charge is 2.02. The van der Waals surface area contributed by atoms with Crippen LogP contribution in [-0.4, -0.2) is 4.98 Å². The summed E-state index contributed by atoms with van der Waals surface area (Å²) in [6.45, 7) is 0.787. The average molecular weight is 313 g/mol. The fourth-order valence-electron chi connectivity index (χ4n) is 2.10. The molecule has 0 aliphatic heterocycles. The Hall–Kier alpha value is -1.87. The van der Waals surface area contributed by atoms with Crippen molar-refractivity contribution in [1.29, 1.82) is 0 Å². The molecule has 0 radical (unpaired) electrons. The van der Waals surface area contributed by atoms with Crippen molar-refractivity contribution in [2.24, 2.45) is 0 Å². The number of anilines is 1. The molecule has 0 aliphatic carbocycles. The third-order valence-electron chi connectivity index (χ3n) is 3.11. The predicted molar refractivity (Wildman–Crippen MR) is 83.2 cm³/mol. The molecule has 1 aromatic heterocycles. The lowest BCUT2D eigenvalue weighted by Crippen LogP contribution is -2.00. The van der Waals surface area contributed by atoms with E-state index in [1.54, 1.807) is 0 Å². The van der Waals surface area contributed by atoms with Crippen LogP contribution in [0.3, 0.4) is 0 Å². The van der Waals surface area contributed by atoms with Gasteiger partial charge in [-0.3, -0.25) is 4.98 Å². The molecule has 0 atom stereocenters. The molecule has 2 aromatic carbocycles. The summed E-state index contributed by atoms with van der Waals surface area (Å²) in [5, 5.41) is 5.83. The van der Waals surface area contributed by atoms with E-state index < -0.39 is 0 Å². The third-order valence-corrected chi connectivity index (χ3v) is 3.88. The van der Waals surface area contributed by atoms with Crippen molar-refractivity contribution in [1.82, 2.24) is 4.98 Å². The van der Waals surface area contributed by atoms with Gasteiger partial charge in [0.25, 0.3) is 0 Å². The summed E-state index contributed by atoms with van der Waals surface area (Å²) in [5.74, 6) is 0. The van der Waals surface area contributed by atoms with Gasteiger partial charge in [0.1, 0.15) is 0 Å². The van der Waals surface area contributed by atoms with E-state index in [2.05, 4.69) is 56.6 Å². The van der Waals surface area contributed by atoms with Gasteiger partial charge in [0, 0.05) is 34.5 Å². The molecule has 0 amide bonds. The second kappa shape index (κ2) is 5.41. The minimum Gasteiger partial charge on any atom is -0.380 e.